The number of fused-ring (bicyclic) bond motifs is 1. The zero-order valence-corrected chi connectivity index (χ0v) is 9.47. The molecule has 0 atom stereocenters. The van der Waals surface area contributed by atoms with Crippen LogP contribution in [-0.4, -0.2) is 11.9 Å². The molecular weight excluding hydrogens is 214 g/mol. The summed E-state index contributed by atoms with van der Waals surface area (Å²) in [7, 11) is 0. The fourth-order valence-corrected chi connectivity index (χ4v) is 1.64. The summed E-state index contributed by atoms with van der Waals surface area (Å²) in [5.41, 5.74) is 6.36. The summed E-state index contributed by atoms with van der Waals surface area (Å²) in [6, 6.07) is 13.6. The predicted molar refractivity (Wildman–Crippen MR) is 69.0 cm³/mol. The van der Waals surface area contributed by atoms with Gasteiger partial charge in [-0.3, -0.25) is 10.1 Å². The van der Waals surface area contributed by atoms with E-state index in [1.807, 2.05) is 42.5 Å². The Labute approximate surface area is 99.2 Å². The first-order valence-corrected chi connectivity index (χ1v) is 5.26. The van der Waals surface area contributed by atoms with Crippen LogP contribution >= 0.6 is 0 Å². The van der Waals surface area contributed by atoms with Crippen LogP contribution in [-0.2, 0) is 4.79 Å². The average Bonchev–Trinajstić information content (AvgIpc) is 2.28. The highest BCUT2D eigenvalue weighted by molar-refractivity contribution is 5.99. The number of guanidine groups is 1. The fraction of sp³-hybridized carbons (Fsp3) is 0.0769. The van der Waals surface area contributed by atoms with E-state index < -0.39 is 0 Å². The highest BCUT2D eigenvalue weighted by Gasteiger charge is 2.00. The van der Waals surface area contributed by atoms with Crippen molar-refractivity contribution in [1.29, 1.82) is 0 Å². The van der Waals surface area contributed by atoms with E-state index in [0.717, 1.165) is 16.5 Å². The highest BCUT2D eigenvalue weighted by atomic mass is 16.1. The molecule has 0 saturated heterocycles. The van der Waals surface area contributed by atoms with Crippen molar-refractivity contribution < 1.29 is 4.79 Å². The predicted octanol–water partition coefficient (Wildman–Crippen LogP) is 1.92. The molecule has 0 aliphatic carbocycles. The van der Waals surface area contributed by atoms with E-state index in [1.54, 1.807) is 0 Å². The lowest BCUT2D eigenvalue weighted by molar-refractivity contribution is -0.117. The zero-order valence-electron chi connectivity index (χ0n) is 9.47. The van der Waals surface area contributed by atoms with Gasteiger partial charge in [0.1, 0.15) is 0 Å². The molecule has 4 heteroatoms. The average molecular weight is 227 g/mol. The normalized spacial score (nSPS) is 11.5. The van der Waals surface area contributed by atoms with Gasteiger partial charge in [0.05, 0.1) is 5.69 Å². The Morgan fingerprint density at radius 1 is 1.18 bits per heavy atom. The third-order valence-electron chi connectivity index (χ3n) is 2.31. The number of nitrogens with two attached hydrogens (primary N) is 1. The number of nitrogens with zero attached hydrogens (tertiary/aromatic N) is 1. The van der Waals surface area contributed by atoms with Gasteiger partial charge in [0, 0.05) is 12.3 Å². The maximum Gasteiger partial charge on any atom is 0.223 e. The van der Waals surface area contributed by atoms with Gasteiger partial charge in [0.15, 0.2) is 0 Å². The van der Waals surface area contributed by atoms with Crippen LogP contribution in [0.4, 0.5) is 5.69 Å². The molecule has 2 rings (SSSR count). The Balaban J connectivity index is 2.45. The van der Waals surface area contributed by atoms with Crippen LogP contribution in [0.3, 0.4) is 0 Å². The minimum atomic E-state index is -0.230. The van der Waals surface area contributed by atoms with Crippen molar-refractivity contribution >= 4 is 28.3 Å². The minimum Gasteiger partial charge on any atom is -0.369 e. The summed E-state index contributed by atoms with van der Waals surface area (Å²) in [5, 5.41) is 4.54. The van der Waals surface area contributed by atoms with Crippen molar-refractivity contribution in [2.24, 2.45) is 10.7 Å². The smallest absolute Gasteiger partial charge is 0.223 e. The summed E-state index contributed by atoms with van der Waals surface area (Å²) in [5.74, 6) is -0.125. The number of carbonyl (C=O) groups is 1. The molecule has 0 radical (unpaired) electrons. The van der Waals surface area contributed by atoms with Crippen molar-refractivity contribution in [3.8, 4) is 0 Å². The Hall–Kier alpha value is -2.36. The number of hydrogen-bond donors (Lipinski definition) is 2. The molecule has 0 aliphatic heterocycles. The van der Waals surface area contributed by atoms with Gasteiger partial charge < -0.3 is 5.73 Å². The van der Waals surface area contributed by atoms with Crippen LogP contribution in [0.5, 0.6) is 0 Å². The maximum atomic E-state index is 10.8. The van der Waals surface area contributed by atoms with Crippen LogP contribution in [0, 0.1) is 0 Å². The second kappa shape index (κ2) is 4.65. The quantitative estimate of drug-likeness (QED) is 0.577. The summed E-state index contributed by atoms with van der Waals surface area (Å²) in [4.78, 5) is 15.0. The first-order valence-electron chi connectivity index (χ1n) is 5.26. The molecule has 0 unspecified atom stereocenters. The molecule has 2 aromatic carbocycles. The third kappa shape index (κ3) is 2.60. The minimum absolute atomic E-state index is 0.105. The van der Waals surface area contributed by atoms with E-state index in [4.69, 9.17) is 5.73 Å². The Morgan fingerprint density at radius 3 is 2.65 bits per heavy atom. The molecule has 1 amide bonds. The molecule has 0 heterocycles. The van der Waals surface area contributed by atoms with Crippen LogP contribution < -0.4 is 11.1 Å². The fourth-order valence-electron chi connectivity index (χ4n) is 1.64. The van der Waals surface area contributed by atoms with E-state index in [1.165, 1.54) is 6.92 Å². The second-order valence-corrected chi connectivity index (χ2v) is 3.68. The Bertz CT molecular complexity index is 585. The molecule has 86 valence electrons. The number of amides is 1. The molecular formula is C13H13N3O. The largest absolute Gasteiger partial charge is 0.369 e. The van der Waals surface area contributed by atoms with E-state index in [-0.39, 0.29) is 11.9 Å². The monoisotopic (exact) mass is 227 g/mol. The Kier molecular flexibility index (Phi) is 3.05. The van der Waals surface area contributed by atoms with Gasteiger partial charge in [-0.15, -0.1) is 0 Å². The number of rotatable bonds is 1. The van der Waals surface area contributed by atoms with Gasteiger partial charge in [-0.05, 0) is 11.5 Å². The van der Waals surface area contributed by atoms with E-state index in [0.29, 0.717) is 0 Å². The van der Waals surface area contributed by atoms with Crippen molar-refractivity contribution in [3.63, 3.8) is 0 Å². The number of aliphatic imine (C=N–C) groups is 1. The van der Waals surface area contributed by atoms with Gasteiger partial charge in [-0.25, -0.2) is 4.99 Å². The van der Waals surface area contributed by atoms with Crippen LogP contribution in [0.25, 0.3) is 10.8 Å². The zero-order chi connectivity index (χ0) is 12.3. The molecule has 0 bridgehead atoms. The SMILES string of the molecule is CC(=O)NC(N)=Nc1cccc2ccccc12. The van der Waals surface area contributed by atoms with Crippen molar-refractivity contribution in [2.75, 3.05) is 0 Å². The lowest BCUT2D eigenvalue weighted by Gasteiger charge is -2.04. The molecule has 0 spiro atoms. The summed E-state index contributed by atoms with van der Waals surface area (Å²) >= 11 is 0. The van der Waals surface area contributed by atoms with Crippen LogP contribution in [0.15, 0.2) is 47.5 Å². The summed E-state index contributed by atoms with van der Waals surface area (Å²) in [6.07, 6.45) is 0. The second-order valence-electron chi connectivity index (χ2n) is 3.68. The van der Waals surface area contributed by atoms with Crippen LogP contribution in [0.1, 0.15) is 6.92 Å². The maximum absolute atomic E-state index is 10.8. The third-order valence-corrected chi connectivity index (χ3v) is 2.31. The first-order chi connectivity index (χ1) is 8.16. The molecule has 17 heavy (non-hydrogen) atoms. The number of nitrogens with one attached hydrogen (secondary N) is 1. The van der Waals surface area contributed by atoms with Crippen LogP contribution in [0.2, 0.25) is 0 Å². The lowest BCUT2D eigenvalue weighted by atomic mass is 10.1. The molecule has 3 N–H and O–H groups in total. The molecule has 0 aromatic heterocycles. The van der Waals surface area contributed by atoms with E-state index >= 15 is 0 Å². The molecule has 0 fully saturated rings. The summed E-state index contributed by atoms with van der Waals surface area (Å²) in [6.45, 7) is 1.39. The van der Waals surface area contributed by atoms with Crippen molar-refractivity contribution in [3.05, 3.63) is 42.5 Å². The Morgan fingerprint density at radius 2 is 1.88 bits per heavy atom. The first kappa shape index (κ1) is 11.1. The van der Waals surface area contributed by atoms with Crippen molar-refractivity contribution in [2.45, 2.75) is 6.92 Å². The topological polar surface area (TPSA) is 67.5 Å². The molecule has 2 aromatic rings. The number of benzene rings is 2. The molecule has 4 nitrogen and oxygen atoms in total. The molecule has 0 saturated carbocycles. The van der Waals surface area contributed by atoms with Gasteiger partial charge in [-0.2, -0.15) is 0 Å². The molecule has 0 aliphatic rings. The van der Waals surface area contributed by atoms with Gasteiger partial charge in [0.25, 0.3) is 0 Å². The van der Waals surface area contributed by atoms with E-state index in [9.17, 15) is 4.79 Å². The highest BCUT2D eigenvalue weighted by Crippen LogP contribution is 2.25. The standard InChI is InChI=1S/C13H13N3O/c1-9(17)15-13(14)16-12-8-4-6-10-5-2-3-7-11(10)12/h2-8H,1H3,(H3,14,15,16,17). The van der Waals surface area contributed by atoms with Gasteiger partial charge >= 0.3 is 0 Å². The number of carbonyl (C=O) groups excluding carboxylic acids is 1. The lowest BCUT2D eigenvalue weighted by Crippen LogP contribution is -2.34. The van der Waals surface area contributed by atoms with Gasteiger partial charge in [0.2, 0.25) is 11.9 Å². The van der Waals surface area contributed by atoms with Gasteiger partial charge in [-0.1, -0.05) is 36.4 Å². The van der Waals surface area contributed by atoms with Crippen molar-refractivity contribution in [1.82, 2.24) is 5.32 Å². The van der Waals surface area contributed by atoms with E-state index in [2.05, 4.69) is 10.3 Å². The summed E-state index contributed by atoms with van der Waals surface area (Å²) < 4.78 is 0. The number of hydrogen-bond acceptors (Lipinski definition) is 2.